The zero-order valence-electron chi connectivity index (χ0n) is 5.54. The van der Waals surface area contributed by atoms with Crippen LogP contribution in [0.5, 0.6) is 0 Å². The van der Waals surface area contributed by atoms with Crippen molar-refractivity contribution >= 4 is 0 Å². The third kappa shape index (κ3) is 1.46. The third-order valence-corrected chi connectivity index (χ3v) is 1.45. The molecule has 2 heterocycles. The molecule has 0 bridgehead atoms. The molecule has 0 amide bonds. The maximum absolute atomic E-state index is 4.13. The van der Waals surface area contributed by atoms with Crippen LogP contribution >= 0.6 is 0 Å². The van der Waals surface area contributed by atoms with Crippen LogP contribution in [0.4, 0.5) is 0 Å². The molecule has 0 saturated carbocycles. The number of rotatable bonds is 0. The van der Waals surface area contributed by atoms with Crippen molar-refractivity contribution in [1.82, 2.24) is 9.55 Å². The molecule has 0 spiro atoms. The van der Waals surface area contributed by atoms with Gasteiger partial charge in [-0.3, -0.25) is 0 Å². The molecule has 0 N–H and O–H groups in total. The molecule has 0 unspecified atom stereocenters. The molecule has 0 radical (unpaired) electrons. The van der Waals surface area contributed by atoms with Gasteiger partial charge in [0.1, 0.15) is 0 Å². The van der Waals surface area contributed by atoms with Gasteiger partial charge in [0.25, 0.3) is 0 Å². The molecular formula is C6H7KN2. The second-order valence-electron chi connectivity index (χ2n) is 1.99. The monoisotopic (exact) mass is 146 g/mol. The van der Waals surface area contributed by atoms with Gasteiger partial charge in [0.05, 0.1) is 5.82 Å². The van der Waals surface area contributed by atoms with E-state index >= 15 is 0 Å². The van der Waals surface area contributed by atoms with E-state index < -0.39 is 0 Å². The van der Waals surface area contributed by atoms with Crippen LogP contribution in [-0.2, 0) is 13.0 Å². The molecule has 2 nitrogen and oxygen atoms in total. The topological polar surface area (TPSA) is 17.8 Å². The SMILES string of the molecule is [K+].c1cn2c(n1)C[CH-]C2. The first-order valence-electron chi connectivity index (χ1n) is 2.78. The van der Waals surface area contributed by atoms with Gasteiger partial charge in [-0.1, -0.05) is 6.54 Å². The van der Waals surface area contributed by atoms with E-state index in [1.807, 2.05) is 12.4 Å². The fourth-order valence-corrected chi connectivity index (χ4v) is 1.03. The standard InChI is InChI=1S/C6H7N2.K/c1-2-6-7-3-5-8(6)4-1;/h1,3,5H,2,4H2;/q-1;+1. The number of hydrogen-bond acceptors (Lipinski definition) is 1. The summed E-state index contributed by atoms with van der Waals surface area (Å²) < 4.78 is 2.15. The summed E-state index contributed by atoms with van der Waals surface area (Å²) in [5.74, 6) is 1.20. The summed E-state index contributed by atoms with van der Waals surface area (Å²) >= 11 is 0. The van der Waals surface area contributed by atoms with Crippen molar-refractivity contribution in [3.8, 4) is 0 Å². The zero-order valence-corrected chi connectivity index (χ0v) is 8.66. The molecule has 0 saturated heterocycles. The molecule has 42 valence electrons. The predicted molar refractivity (Wildman–Crippen MR) is 30.2 cm³/mol. The van der Waals surface area contributed by atoms with E-state index in [1.54, 1.807) is 0 Å². The van der Waals surface area contributed by atoms with Gasteiger partial charge in [-0.2, -0.15) is 0 Å². The largest absolute Gasteiger partial charge is 1.00 e. The van der Waals surface area contributed by atoms with E-state index in [9.17, 15) is 0 Å². The minimum absolute atomic E-state index is 0. The van der Waals surface area contributed by atoms with E-state index in [2.05, 4.69) is 16.0 Å². The van der Waals surface area contributed by atoms with Crippen molar-refractivity contribution in [1.29, 1.82) is 0 Å². The summed E-state index contributed by atoms with van der Waals surface area (Å²) in [6.45, 7) is 1.05. The van der Waals surface area contributed by atoms with Crippen LogP contribution in [0, 0.1) is 6.42 Å². The van der Waals surface area contributed by atoms with Gasteiger partial charge in [-0.25, -0.2) is 4.98 Å². The van der Waals surface area contributed by atoms with Gasteiger partial charge < -0.3 is 11.0 Å². The van der Waals surface area contributed by atoms with Crippen LogP contribution < -0.4 is 51.4 Å². The van der Waals surface area contributed by atoms with Gasteiger partial charge >= 0.3 is 51.4 Å². The Morgan fingerprint density at radius 2 is 2.56 bits per heavy atom. The molecule has 1 aromatic heterocycles. The Kier molecular flexibility index (Phi) is 2.91. The van der Waals surface area contributed by atoms with Crippen molar-refractivity contribution in [2.75, 3.05) is 0 Å². The number of imidazole rings is 1. The Morgan fingerprint density at radius 3 is 3.33 bits per heavy atom. The average molecular weight is 146 g/mol. The van der Waals surface area contributed by atoms with Gasteiger partial charge in [0.15, 0.2) is 0 Å². The fraction of sp³-hybridized carbons (Fsp3) is 0.333. The van der Waals surface area contributed by atoms with Crippen molar-refractivity contribution in [3.63, 3.8) is 0 Å². The van der Waals surface area contributed by atoms with Crippen LogP contribution in [0.1, 0.15) is 5.82 Å². The van der Waals surface area contributed by atoms with Crippen LogP contribution in [0.25, 0.3) is 0 Å². The first kappa shape index (κ1) is 7.95. The Bertz CT molecular complexity index is 176. The van der Waals surface area contributed by atoms with Gasteiger partial charge in [-0.05, 0) is 0 Å². The summed E-state index contributed by atoms with van der Waals surface area (Å²) in [4.78, 5) is 4.13. The molecular weight excluding hydrogens is 139 g/mol. The fourth-order valence-electron chi connectivity index (χ4n) is 1.03. The van der Waals surface area contributed by atoms with Crippen LogP contribution in [0.15, 0.2) is 12.4 Å². The predicted octanol–water partition coefficient (Wildman–Crippen LogP) is -2.35. The minimum Gasteiger partial charge on any atom is -0.367 e. The third-order valence-electron chi connectivity index (χ3n) is 1.45. The average Bonchev–Trinajstić information content (AvgIpc) is 2.15. The maximum atomic E-state index is 4.13. The molecule has 1 aliphatic rings. The minimum atomic E-state index is 0. The Labute approximate surface area is 97.1 Å². The first-order valence-corrected chi connectivity index (χ1v) is 2.78. The quantitative estimate of drug-likeness (QED) is 0.296. The summed E-state index contributed by atoms with van der Waals surface area (Å²) in [6.07, 6.45) is 7.14. The van der Waals surface area contributed by atoms with Crippen molar-refractivity contribution in [3.05, 3.63) is 24.6 Å². The second kappa shape index (κ2) is 3.30. The van der Waals surface area contributed by atoms with E-state index in [1.165, 1.54) is 5.82 Å². The number of aromatic nitrogens is 2. The molecule has 0 atom stereocenters. The molecule has 1 aliphatic heterocycles. The van der Waals surface area contributed by atoms with Crippen LogP contribution in [0.3, 0.4) is 0 Å². The van der Waals surface area contributed by atoms with Crippen LogP contribution in [0.2, 0.25) is 0 Å². The Hall–Kier alpha value is 0.846. The summed E-state index contributed by atoms with van der Waals surface area (Å²) in [5.41, 5.74) is 0. The van der Waals surface area contributed by atoms with Crippen molar-refractivity contribution in [2.24, 2.45) is 0 Å². The Balaban J connectivity index is 0.000000405. The smallest absolute Gasteiger partial charge is 0.367 e. The molecule has 9 heavy (non-hydrogen) atoms. The Morgan fingerprint density at radius 1 is 1.67 bits per heavy atom. The van der Waals surface area contributed by atoms with E-state index in [0.717, 1.165) is 13.0 Å². The molecule has 1 aromatic rings. The normalized spacial score (nSPS) is 14.7. The molecule has 2 rings (SSSR count). The first-order chi connectivity index (χ1) is 3.97. The van der Waals surface area contributed by atoms with Crippen LogP contribution in [-0.4, -0.2) is 9.55 Å². The van der Waals surface area contributed by atoms with Gasteiger partial charge in [-0.15, -0.1) is 6.42 Å². The maximum Gasteiger partial charge on any atom is 1.00 e. The second-order valence-corrected chi connectivity index (χ2v) is 1.99. The molecule has 3 heteroatoms. The summed E-state index contributed by atoms with van der Waals surface area (Å²) in [7, 11) is 0. The summed E-state index contributed by atoms with van der Waals surface area (Å²) in [6, 6.07) is 0. The van der Waals surface area contributed by atoms with Crippen molar-refractivity contribution < 1.29 is 51.4 Å². The summed E-state index contributed by atoms with van der Waals surface area (Å²) in [5, 5.41) is 0. The van der Waals surface area contributed by atoms with E-state index in [0.29, 0.717) is 0 Å². The molecule has 0 aromatic carbocycles. The zero-order chi connectivity index (χ0) is 5.40. The van der Waals surface area contributed by atoms with E-state index in [4.69, 9.17) is 0 Å². The molecule has 0 fully saturated rings. The number of hydrogen-bond donors (Lipinski definition) is 0. The van der Waals surface area contributed by atoms with E-state index in [-0.39, 0.29) is 51.4 Å². The molecule has 0 aliphatic carbocycles. The van der Waals surface area contributed by atoms with Crippen molar-refractivity contribution in [2.45, 2.75) is 13.0 Å². The van der Waals surface area contributed by atoms with Gasteiger partial charge in [0.2, 0.25) is 0 Å². The number of fused-ring (bicyclic) bond motifs is 1. The number of nitrogens with zero attached hydrogens (tertiary/aromatic N) is 2. The van der Waals surface area contributed by atoms with Gasteiger partial charge in [0, 0.05) is 12.4 Å².